The van der Waals surface area contributed by atoms with Gasteiger partial charge in [0.25, 0.3) is 0 Å². The van der Waals surface area contributed by atoms with E-state index in [1.807, 2.05) is 59.5 Å². The van der Waals surface area contributed by atoms with E-state index in [1.54, 1.807) is 13.2 Å². The van der Waals surface area contributed by atoms with Crippen molar-refractivity contribution in [3.05, 3.63) is 99.5 Å². The molecule has 0 atom stereocenters. The second-order valence-corrected chi connectivity index (χ2v) is 8.34. The maximum atomic E-state index is 12.7. The third kappa shape index (κ3) is 5.36. The molecule has 3 aromatic carbocycles. The Morgan fingerprint density at radius 3 is 2.61 bits per heavy atom. The van der Waals surface area contributed by atoms with E-state index < -0.39 is 0 Å². The highest BCUT2D eigenvalue weighted by Crippen LogP contribution is 2.24. The van der Waals surface area contributed by atoms with Crippen molar-refractivity contribution in [3.8, 4) is 11.5 Å². The Balaban J connectivity index is 1.43. The number of benzene rings is 3. The molecule has 0 radical (unpaired) electrons. The number of halogens is 1. The average Bonchev–Trinajstić information content (AvgIpc) is 2.82. The Labute approximate surface area is 191 Å². The molecule has 1 heterocycles. The van der Waals surface area contributed by atoms with Crippen molar-refractivity contribution in [1.82, 2.24) is 4.90 Å². The van der Waals surface area contributed by atoms with E-state index in [0.29, 0.717) is 13.2 Å². The van der Waals surface area contributed by atoms with Gasteiger partial charge in [0.1, 0.15) is 18.1 Å². The Morgan fingerprint density at radius 1 is 1.06 bits per heavy atom. The lowest BCUT2D eigenvalue weighted by molar-refractivity contribution is -0.126. The minimum atomic E-state index is 0.0259. The van der Waals surface area contributed by atoms with Crippen molar-refractivity contribution in [1.29, 1.82) is 0 Å². The molecule has 0 fully saturated rings. The van der Waals surface area contributed by atoms with Crippen LogP contribution in [0.1, 0.15) is 22.3 Å². The van der Waals surface area contributed by atoms with Gasteiger partial charge in [0.2, 0.25) is 5.91 Å². The van der Waals surface area contributed by atoms with Crippen LogP contribution in [0.2, 0.25) is 0 Å². The molecular formula is C26H24BrNO3. The molecule has 0 saturated carbocycles. The number of rotatable bonds is 6. The van der Waals surface area contributed by atoms with E-state index in [-0.39, 0.29) is 5.91 Å². The number of hydrogen-bond donors (Lipinski definition) is 0. The van der Waals surface area contributed by atoms with E-state index in [4.69, 9.17) is 9.47 Å². The maximum absolute atomic E-state index is 12.7. The van der Waals surface area contributed by atoms with Crippen LogP contribution in [-0.4, -0.2) is 24.5 Å². The van der Waals surface area contributed by atoms with Crippen LogP contribution in [0.5, 0.6) is 11.5 Å². The van der Waals surface area contributed by atoms with E-state index in [1.165, 1.54) is 11.1 Å². The summed E-state index contributed by atoms with van der Waals surface area (Å²) in [6.07, 6.45) is 4.40. The number of hydrogen-bond acceptors (Lipinski definition) is 3. The predicted octanol–water partition coefficient (Wildman–Crippen LogP) is 5.63. The van der Waals surface area contributed by atoms with Gasteiger partial charge in [0.15, 0.2) is 0 Å². The number of amides is 1. The SMILES string of the molecule is COc1ccc(/C=C/C(=O)N2CCc3ccccc3C2)cc1COc1ccc(Br)cc1. The third-order valence-electron chi connectivity index (χ3n) is 5.37. The first-order valence-corrected chi connectivity index (χ1v) is 11.0. The van der Waals surface area contributed by atoms with Gasteiger partial charge in [0, 0.05) is 29.2 Å². The lowest BCUT2D eigenvalue weighted by Gasteiger charge is -2.27. The monoisotopic (exact) mass is 477 g/mol. The van der Waals surface area contributed by atoms with Gasteiger partial charge in [-0.1, -0.05) is 46.3 Å². The van der Waals surface area contributed by atoms with Crippen LogP contribution < -0.4 is 9.47 Å². The summed E-state index contributed by atoms with van der Waals surface area (Å²) in [5.74, 6) is 1.57. The van der Waals surface area contributed by atoms with Crippen molar-refractivity contribution in [2.45, 2.75) is 19.6 Å². The standard InChI is InChI=1S/C26H24BrNO3/c1-30-25-12-6-19(16-22(25)18-31-24-10-8-23(27)9-11-24)7-13-26(29)28-15-14-20-4-2-3-5-21(20)17-28/h2-13,16H,14-15,17-18H2,1H3/b13-7+. The number of fused-ring (bicyclic) bond motifs is 1. The van der Waals surface area contributed by atoms with Gasteiger partial charge in [-0.05, 0) is 65.6 Å². The lowest BCUT2D eigenvalue weighted by atomic mass is 10.00. The molecule has 0 N–H and O–H groups in total. The molecule has 1 amide bonds. The molecule has 4 rings (SSSR count). The molecule has 1 aliphatic heterocycles. The molecule has 0 aliphatic carbocycles. The van der Waals surface area contributed by atoms with Crippen molar-refractivity contribution in [2.75, 3.05) is 13.7 Å². The van der Waals surface area contributed by atoms with Crippen LogP contribution in [0, 0.1) is 0 Å². The fourth-order valence-corrected chi connectivity index (χ4v) is 3.93. The number of methoxy groups -OCH3 is 1. The van der Waals surface area contributed by atoms with Crippen LogP contribution >= 0.6 is 15.9 Å². The summed E-state index contributed by atoms with van der Waals surface area (Å²) in [6, 6.07) is 21.9. The van der Waals surface area contributed by atoms with Gasteiger partial charge in [-0.15, -0.1) is 0 Å². The number of carbonyl (C=O) groups is 1. The molecule has 4 nitrogen and oxygen atoms in total. The quantitative estimate of drug-likeness (QED) is 0.431. The fraction of sp³-hybridized carbons (Fsp3) is 0.192. The van der Waals surface area contributed by atoms with Crippen molar-refractivity contribution < 1.29 is 14.3 Å². The summed E-state index contributed by atoms with van der Waals surface area (Å²) in [7, 11) is 1.64. The molecule has 31 heavy (non-hydrogen) atoms. The highest BCUT2D eigenvalue weighted by molar-refractivity contribution is 9.10. The van der Waals surface area contributed by atoms with Gasteiger partial charge in [-0.3, -0.25) is 4.79 Å². The first kappa shape index (κ1) is 21.2. The Kier molecular flexibility index (Phi) is 6.73. The number of carbonyl (C=O) groups excluding carboxylic acids is 1. The van der Waals surface area contributed by atoms with Crippen LogP contribution in [0.25, 0.3) is 6.08 Å². The fourth-order valence-electron chi connectivity index (χ4n) is 3.66. The molecule has 158 valence electrons. The van der Waals surface area contributed by atoms with Gasteiger partial charge >= 0.3 is 0 Å². The van der Waals surface area contributed by atoms with E-state index in [0.717, 1.165) is 40.1 Å². The summed E-state index contributed by atoms with van der Waals surface area (Å²) in [6.45, 7) is 1.78. The molecule has 0 spiro atoms. The minimum Gasteiger partial charge on any atom is -0.496 e. The van der Waals surface area contributed by atoms with Crippen molar-refractivity contribution >= 4 is 27.9 Å². The minimum absolute atomic E-state index is 0.0259. The highest BCUT2D eigenvalue weighted by atomic mass is 79.9. The molecule has 0 unspecified atom stereocenters. The molecule has 3 aromatic rings. The van der Waals surface area contributed by atoms with Crippen LogP contribution in [-0.2, 0) is 24.4 Å². The summed E-state index contributed by atoms with van der Waals surface area (Å²) in [5, 5.41) is 0. The third-order valence-corrected chi connectivity index (χ3v) is 5.90. The highest BCUT2D eigenvalue weighted by Gasteiger charge is 2.18. The summed E-state index contributed by atoms with van der Waals surface area (Å²) in [4.78, 5) is 14.6. The van der Waals surface area contributed by atoms with Crippen LogP contribution in [0.4, 0.5) is 0 Å². The predicted molar refractivity (Wildman–Crippen MR) is 126 cm³/mol. The molecule has 5 heteroatoms. The topological polar surface area (TPSA) is 38.8 Å². The van der Waals surface area contributed by atoms with Crippen LogP contribution in [0.3, 0.4) is 0 Å². The maximum Gasteiger partial charge on any atom is 0.246 e. The largest absolute Gasteiger partial charge is 0.496 e. The van der Waals surface area contributed by atoms with E-state index in [9.17, 15) is 4.79 Å². The number of nitrogens with zero attached hydrogens (tertiary/aromatic N) is 1. The van der Waals surface area contributed by atoms with Gasteiger partial charge in [-0.25, -0.2) is 0 Å². The van der Waals surface area contributed by atoms with E-state index in [2.05, 4.69) is 34.1 Å². The van der Waals surface area contributed by atoms with Crippen molar-refractivity contribution in [3.63, 3.8) is 0 Å². The summed E-state index contributed by atoms with van der Waals surface area (Å²) in [5.41, 5.74) is 4.42. The zero-order valence-corrected chi connectivity index (χ0v) is 19.0. The zero-order valence-electron chi connectivity index (χ0n) is 17.4. The van der Waals surface area contributed by atoms with Gasteiger partial charge < -0.3 is 14.4 Å². The molecule has 0 saturated heterocycles. The molecule has 1 aliphatic rings. The Morgan fingerprint density at radius 2 is 1.84 bits per heavy atom. The molecular weight excluding hydrogens is 454 g/mol. The smallest absolute Gasteiger partial charge is 0.246 e. The number of ether oxygens (including phenoxy) is 2. The molecule has 0 aromatic heterocycles. The summed E-state index contributed by atoms with van der Waals surface area (Å²) >= 11 is 3.43. The average molecular weight is 478 g/mol. The first-order valence-electron chi connectivity index (χ1n) is 10.2. The molecule has 0 bridgehead atoms. The normalized spacial score (nSPS) is 13.2. The van der Waals surface area contributed by atoms with E-state index >= 15 is 0 Å². The van der Waals surface area contributed by atoms with Gasteiger partial charge in [-0.2, -0.15) is 0 Å². The zero-order chi connectivity index (χ0) is 21.6. The second-order valence-electron chi connectivity index (χ2n) is 7.43. The first-order chi connectivity index (χ1) is 15.1. The van der Waals surface area contributed by atoms with Crippen molar-refractivity contribution in [2.24, 2.45) is 0 Å². The van der Waals surface area contributed by atoms with Gasteiger partial charge in [0.05, 0.1) is 7.11 Å². The Hall–Kier alpha value is -3.05. The van der Waals surface area contributed by atoms with Crippen LogP contribution in [0.15, 0.2) is 77.3 Å². The second kappa shape index (κ2) is 9.84. The summed E-state index contributed by atoms with van der Waals surface area (Å²) < 4.78 is 12.4. The Bertz CT molecular complexity index is 1090. The lowest BCUT2D eigenvalue weighted by Crippen LogP contribution is -2.34.